The van der Waals surface area contributed by atoms with E-state index in [1.54, 1.807) is 19.3 Å². The van der Waals surface area contributed by atoms with Gasteiger partial charge in [0.2, 0.25) is 0 Å². The molecule has 3 nitrogen and oxygen atoms in total. The summed E-state index contributed by atoms with van der Waals surface area (Å²) >= 11 is 3.42. The minimum Gasteiger partial charge on any atom is -0.492 e. The molecule has 0 aliphatic heterocycles. The Morgan fingerprint density at radius 3 is 2.75 bits per heavy atom. The molecule has 0 aliphatic carbocycles. The van der Waals surface area contributed by atoms with Crippen LogP contribution >= 0.6 is 15.9 Å². The van der Waals surface area contributed by atoms with Crippen molar-refractivity contribution >= 4 is 15.9 Å². The first-order valence-corrected chi connectivity index (χ1v) is 7.40. The van der Waals surface area contributed by atoms with E-state index in [-0.39, 0.29) is 0 Å². The van der Waals surface area contributed by atoms with Crippen LogP contribution in [0.3, 0.4) is 0 Å². The highest BCUT2D eigenvalue weighted by molar-refractivity contribution is 9.10. The van der Waals surface area contributed by atoms with E-state index >= 15 is 0 Å². The van der Waals surface area contributed by atoms with E-state index < -0.39 is 5.60 Å². The van der Waals surface area contributed by atoms with Gasteiger partial charge in [0.05, 0.1) is 12.8 Å². The van der Waals surface area contributed by atoms with Crippen molar-refractivity contribution in [2.75, 3.05) is 6.61 Å². The summed E-state index contributed by atoms with van der Waals surface area (Å²) in [5.41, 5.74) is 0.410. The van der Waals surface area contributed by atoms with Crippen LogP contribution in [0, 0.1) is 0 Å². The molecule has 1 aromatic heterocycles. The molecule has 2 rings (SSSR count). The average Bonchev–Trinajstić information content (AvgIpc) is 2.45. The SMILES string of the molecule is CCCOc1cncc(C(C)(O)c2cccc(Br)c2)c1. The van der Waals surface area contributed by atoms with E-state index in [0.717, 1.165) is 16.5 Å². The van der Waals surface area contributed by atoms with Crippen LogP contribution in [0.5, 0.6) is 5.75 Å². The second-order valence-electron chi connectivity index (χ2n) is 4.84. The maximum Gasteiger partial charge on any atom is 0.137 e. The molecule has 106 valence electrons. The molecule has 0 aliphatic rings. The minimum absolute atomic E-state index is 0.643. The summed E-state index contributed by atoms with van der Waals surface area (Å²) in [7, 11) is 0. The van der Waals surface area contributed by atoms with Crippen LogP contribution in [-0.4, -0.2) is 16.7 Å². The van der Waals surface area contributed by atoms with Crippen LogP contribution in [0.25, 0.3) is 0 Å². The Morgan fingerprint density at radius 1 is 1.25 bits per heavy atom. The molecule has 1 aromatic carbocycles. The van der Waals surface area contributed by atoms with Gasteiger partial charge in [0.15, 0.2) is 0 Å². The molecule has 2 aromatic rings. The van der Waals surface area contributed by atoms with Crippen molar-refractivity contribution in [3.05, 3.63) is 58.3 Å². The highest BCUT2D eigenvalue weighted by Gasteiger charge is 2.26. The molecular formula is C16H18BrNO2. The van der Waals surface area contributed by atoms with Gasteiger partial charge in [-0.2, -0.15) is 0 Å². The van der Waals surface area contributed by atoms with Gasteiger partial charge in [0, 0.05) is 16.2 Å². The van der Waals surface area contributed by atoms with E-state index in [1.807, 2.05) is 30.3 Å². The lowest BCUT2D eigenvalue weighted by molar-refractivity contribution is 0.101. The van der Waals surface area contributed by atoms with Crippen LogP contribution in [-0.2, 0) is 5.60 Å². The second-order valence-corrected chi connectivity index (χ2v) is 5.76. The Labute approximate surface area is 127 Å². The lowest BCUT2D eigenvalue weighted by atomic mass is 9.89. The number of rotatable bonds is 5. The summed E-state index contributed by atoms with van der Waals surface area (Å²) in [4.78, 5) is 4.16. The van der Waals surface area contributed by atoms with Crippen molar-refractivity contribution in [2.24, 2.45) is 0 Å². The zero-order chi connectivity index (χ0) is 14.6. The molecule has 0 radical (unpaired) electrons. The molecule has 1 heterocycles. The first-order chi connectivity index (χ1) is 9.54. The monoisotopic (exact) mass is 335 g/mol. The number of halogens is 1. The van der Waals surface area contributed by atoms with Gasteiger partial charge in [-0.1, -0.05) is 35.0 Å². The first kappa shape index (κ1) is 15.0. The molecule has 1 atom stereocenters. The van der Waals surface area contributed by atoms with E-state index in [0.29, 0.717) is 17.9 Å². The first-order valence-electron chi connectivity index (χ1n) is 6.60. The molecule has 0 saturated heterocycles. The summed E-state index contributed by atoms with van der Waals surface area (Å²) < 4.78 is 6.50. The Kier molecular flexibility index (Phi) is 4.78. The fourth-order valence-corrected chi connectivity index (χ4v) is 2.34. The number of pyridine rings is 1. The fraction of sp³-hybridized carbons (Fsp3) is 0.312. The third-order valence-corrected chi connectivity index (χ3v) is 3.63. The standard InChI is InChI=1S/C16H18BrNO2/c1-3-7-20-15-9-13(10-18-11-15)16(2,19)12-5-4-6-14(17)8-12/h4-6,8-11,19H,3,7H2,1-2H3. The minimum atomic E-state index is -1.11. The third-order valence-electron chi connectivity index (χ3n) is 3.13. The predicted molar refractivity (Wildman–Crippen MR) is 82.8 cm³/mol. The molecule has 0 fully saturated rings. The van der Waals surface area contributed by atoms with Crippen molar-refractivity contribution in [2.45, 2.75) is 25.9 Å². The molecule has 4 heteroatoms. The second kappa shape index (κ2) is 6.37. The molecule has 0 amide bonds. The number of hydrogen-bond acceptors (Lipinski definition) is 3. The Morgan fingerprint density at radius 2 is 2.05 bits per heavy atom. The summed E-state index contributed by atoms with van der Waals surface area (Å²) in [6, 6.07) is 9.46. The zero-order valence-electron chi connectivity index (χ0n) is 11.6. The van der Waals surface area contributed by atoms with E-state index in [1.165, 1.54) is 0 Å². The normalized spacial score (nSPS) is 13.8. The smallest absolute Gasteiger partial charge is 0.137 e. The predicted octanol–water partition coefficient (Wildman–Crippen LogP) is 3.89. The average molecular weight is 336 g/mol. The van der Waals surface area contributed by atoms with Crippen LogP contribution in [0.4, 0.5) is 0 Å². The van der Waals surface area contributed by atoms with Gasteiger partial charge < -0.3 is 9.84 Å². The van der Waals surface area contributed by atoms with Crippen molar-refractivity contribution in [3.8, 4) is 5.75 Å². The van der Waals surface area contributed by atoms with Gasteiger partial charge in [-0.05, 0) is 37.1 Å². The van der Waals surface area contributed by atoms with Gasteiger partial charge in [-0.25, -0.2) is 0 Å². The van der Waals surface area contributed by atoms with Gasteiger partial charge in [-0.3, -0.25) is 4.98 Å². The number of nitrogens with zero attached hydrogens (tertiary/aromatic N) is 1. The topological polar surface area (TPSA) is 42.4 Å². The molecule has 1 unspecified atom stereocenters. The van der Waals surface area contributed by atoms with Crippen molar-refractivity contribution in [1.29, 1.82) is 0 Å². The number of hydrogen-bond donors (Lipinski definition) is 1. The van der Waals surface area contributed by atoms with E-state index in [9.17, 15) is 5.11 Å². The lowest BCUT2D eigenvalue weighted by Crippen LogP contribution is -2.23. The van der Waals surface area contributed by atoms with Crippen molar-refractivity contribution in [1.82, 2.24) is 4.98 Å². The van der Waals surface area contributed by atoms with E-state index in [2.05, 4.69) is 27.8 Å². The lowest BCUT2D eigenvalue weighted by Gasteiger charge is -2.24. The fourth-order valence-electron chi connectivity index (χ4n) is 1.94. The highest BCUT2D eigenvalue weighted by Crippen LogP contribution is 2.31. The number of aromatic nitrogens is 1. The summed E-state index contributed by atoms with van der Waals surface area (Å²) in [5.74, 6) is 0.680. The zero-order valence-corrected chi connectivity index (χ0v) is 13.2. The van der Waals surface area contributed by atoms with Crippen LogP contribution < -0.4 is 4.74 Å². The molecule has 0 spiro atoms. The van der Waals surface area contributed by atoms with E-state index in [4.69, 9.17) is 4.74 Å². The van der Waals surface area contributed by atoms with Crippen LogP contribution in [0.1, 0.15) is 31.4 Å². The summed E-state index contributed by atoms with van der Waals surface area (Å²) in [6.07, 6.45) is 4.27. The Bertz CT molecular complexity index is 584. The summed E-state index contributed by atoms with van der Waals surface area (Å²) in [5, 5.41) is 10.8. The summed E-state index contributed by atoms with van der Waals surface area (Å²) in [6.45, 7) is 4.45. The van der Waals surface area contributed by atoms with Crippen molar-refractivity contribution in [3.63, 3.8) is 0 Å². The maximum absolute atomic E-state index is 10.8. The number of benzene rings is 1. The number of aliphatic hydroxyl groups is 1. The molecule has 0 saturated carbocycles. The van der Waals surface area contributed by atoms with Gasteiger partial charge in [0.1, 0.15) is 11.4 Å². The quantitative estimate of drug-likeness (QED) is 0.901. The van der Waals surface area contributed by atoms with Crippen molar-refractivity contribution < 1.29 is 9.84 Å². The molecule has 0 bridgehead atoms. The Hall–Kier alpha value is -1.39. The molecule has 20 heavy (non-hydrogen) atoms. The van der Waals surface area contributed by atoms with Gasteiger partial charge in [0.25, 0.3) is 0 Å². The molecular weight excluding hydrogens is 318 g/mol. The number of ether oxygens (including phenoxy) is 1. The van der Waals surface area contributed by atoms with Gasteiger partial charge >= 0.3 is 0 Å². The largest absolute Gasteiger partial charge is 0.492 e. The highest BCUT2D eigenvalue weighted by atomic mass is 79.9. The van der Waals surface area contributed by atoms with Gasteiger partial charge in [-0.15, -0.1) is 0 Å². The third kappa shape index (κ3) is 3.38. The van der Waals surface area contributed by atoms with Crippen LogP contribution in [0.15, 0.2) is 47.2 Å². The van der Waals surface area contributed by atoms with Crippen LogP contribution in [0.2, 0.25) is 0 Å². The molecule has 1 N–H and O–H groups in total. The maximum atomic E-state index is 10.8. The Balaban J connectivity index is 2.33.